The summed E-state index contributed by atoms with van der Waals surface area (Å²) in [4.78, 5) is 25.0. The first kappa shape index (κ1) is 17.2. The lowest BCUT2D eigenvalue weighted by Gasteiger charge is -2.23. The molecule has 0 heterocycles. The van der Waals surface area contributed by atoms with Crippen molar-refractivity contribution in [1.29, 1.82) is 0 Å². The molecule has 5 heteroatoms. The largest absolute Gasteiger partial charge is 0.478 e. The zero-order valence-electron chi connectivity index (χ0n) is 12.9. The Bertz CT molecular complexity index is 500. The van der Waals surface area contributed by atoms with Gasteiger partial charge in [-0.1, -0.05) is 25.5 Å². The first-order valence-corrected chi connectivity index (χ1v) is 7.20. The fourth-order valence-corrected chi connectivity index (χ4v) is 2.27. The van der Waals surface area contributed by atoms with Crippen molar-refractivity contribution < 1.29 is 14.7 Å². The van der Waals surface area contributed by atoms with Crippen LogP contribution in [0.2, 0.25) is 0 Å². The molecule has 0 aromatic heterocycles. The van der Waals surface area contributed by atoms with E-state index in [4.69, 9.17) is 5.73 Å². The number of para-hydroxylation sites is 1. The second-order valence-electron chi connectivity index (χ2n) is 5.53. The molecule has 0 bridgehead atoms. The lowest BCUT2D eigenvalue weighted by molar-refractivity contribution is -0.121. The highest BCUT2D eigenvalue weighted by atomic mass is 16.4. The van der Waals surface area contributed by atoms with E-state index in [0.717, 1.165) is 19.3 Å². The highest BCUT2D eigenvalue weighted by Crippen LogP contribution is 2.22. The Kier molecular flexibility index (Phi) is 6.37. The predicted molar refractivity (Wildman–Crippen MR) is 83.5 cm³/mol. The molecule has 21 heavy (non-hydrogen) atoms. The van der Waals surface area contributed by atoms with Crippen molar-refractivity contribution in [3.63, 3.8) is 0 Å². The van der Waals surface area contributed by atoms with Gasteiger partial charge in [-0.15, -0.1) is 0 Å². The summed E-state index contributed by atoms with van der Waals surface area (Å²) in [6.45, 7) is 3.81. The number of carboxylic acids is 1. The quantitative estimate of drug-likeness (QED) is 0.808. The van der Waals surface area contributed by atoms with E-state index in [1.54, 1.807) is 25.2 Å². The van der Waals surface area contributed by atoms with E-state index >= 15 is 0 Å². The van der Waals surface area contributed by atoms with Gasteiger partial charge in [-0.25, -0.2) is 4.79 Å². The molecular weight excluding hydrogens is 268 g/mol. The van der Waals surface area contributed by atoms with Crippen LogP contribution in [0.4, 0.5) is 5.69 Å². The summed E-state index contributed by atoms with van der Waals surface area (Å²) in [5.41, 5.74) is 6.26. The lowest BCUT2D eigenvalue weighted by atomic mass is 10.0. The molecule has 0 saturated heterocycles. The van der Waals surface area contributed by atoms with Crippen molar-refractivity contribution in [2.24, 2.45) is 11.7 Å². The second-order valence-corrected chi connectivity index (χ2v) is 5.53. The van der Waals surface area contributed by atoms with Crippen LogP contribution in [0.5, 0.6) is 0 Å². The molecule has 2 unspecified atom stereocenters. The Morgan fingerprint density at radius 2 is 1.86 bits per heavy atom. The summed E-state index contributed by atoms with van der Waals surface area (Å²) < 4.78 is 0. The number of anilines is 1. The summed E-state index contributed by atoms with van der Waals surface area (Å²) in [5, 5.41) is 9.19. The van der Waals surface area contributed by atoms with Crippen LogP contribution < -0.4 is 10.6 Å². The van der Waals surface area contributed by atoms with E-state index in [-0.39, 0.29) is 23.4 Å². The third kappa shape index (κ3) is 4.86. The fraction of sp³-hybridized carbons (Fsp3) is 0.500. The molecule has 1 amide bonds. The number of nitrogens with zero attached hydrogens (tertiary/aromatic N) is 1. The summed E-state index contributed by atoms with van der Waals surface area (Å²) in [6.07, 6.45) is 2.52. The molecule has 116 valence electrons. The molecule has 1 aromatic rings. The maximum absolute atomic E-state index is 12.4. The number of nitrogens with two attached hydrogens (primary N) is 1. The van der Waals surface area contributed by atoms with Gasteiger partial charge in [-0.2, -0.15) is 0 Å². The van der Waals surface area contributed by atoms with Gasteiger partial charge in [0.15, 0.2) is 0 Å². The van der Waals surface area contributed by atoms with Gasteiger partial charge in [-0.3, -0.25) is 4.79 Å². The Hall–Kier alpha value is -1.88. The van der Waals surface area contributed by atoms with Crippen LogP contribution in [0.15, 0.2) is 24.3 Å². The molecule has 0 aliphatic carbocycles. The van der Waals surface area contributed by atoms with E-state index in [0.29, 0.717) is 5.69 Å². The van der Waals surface area contributed by atoms with E-state index in [1.165, 1.54) is 11.0 Å². The minimum absolute atomic E-state index is 0.0756. The smallest absolute Gasteiger partial charge is 0.337 e. The molecule has 3 N–H and O–H groups in total. The third-order valence-corrected chi connectivity index (χ3v) is 3.54. The van der Waals surface area contributed by atoms with Crippen LogP contribution in [0.1, 0.15) is 43.5 Å². The van der Waals surface area contributed by atoms with Crippen molar-refractivity contribution in [1.82, 2.24) is 0 Å². The van der Waals surface area contributed by atoms with Gasteiger partial charge in [0, 0.05) is 19.0 Å². The number of benzene rings is 1. The Labute approximate surface area is 125 Å². The zero-order valence-corrected chi connectivity index (χ0v) is 12.9. The molecule has 0 fully saturated rings. The standard InChI is InChI=1S/C16H24N2O3/c1-11(7-6-8-12(2)17)15(19)18(3)14-10-5-4-9-13(14)16(20)21/h4-5,9-12H,6-8,17H2,1-3H3,(H,20,21). The zero-order chi connectivity index (χ0) is 16.0. The first-order chi connectivity index (χ1) is 9.84. The molecule has 0 radical (unpaired) electrons. The molecule has 5 nitrogen and oxygen atoms in total. The van der Waals surface area contributed by atoms with Gasteiger partial charge in [0.1, 0.15) is 0 Å². The van der Waals surface area contributed by atoms with Crippen LogP contribution in [0, 0.1) is 5.92 Å². The monoisotopic (exact) mass is 292 g/mol. The van der Waals surface area contributed by atoms with E-state index in [1.807, 2.05) is 13.8 Å². The molecule has 1 aromatic carbocycles. The van der Waals surface area contributed by atoms with E-state index in [9.17, 15) is 14.7 Å². The number of aromatic carboxylic acids is 1. The van der Waals surface area contributed by atoms with Crippen LogP contribution in [-0.2, 0) is 4.79 Å². The number of rotatable bonds is 7. The Balaban J connectivity index is 2.76. The summed E-state index contributed by atoms with van der Waals surface area (Å²) >= 11 is 0. The highest BCUT2D eigenvalue weighted by molar-refractivity contribution is 6.02. The maximum Gasteiger partial charge on any atom is 0.337 e. The lowest BCUT2D eigenvalue weighted by Crippen LogP contribution is -2.32. The maximum atomic E-state index is 12.4. The van der Waals surface area contributed by atoms with Crippen LogP contribution in [0.3, 0.4) is 0 Å². The van der Waals surface area contributed by atoms with Crippen molar-refractivity contribution in [3.8, 4) is 0 Å². The van der Waals surface area contributed by atoms with Crippen molar-refractivity contribution in [2.45, 2.75) is 39.2 Å². The van der Waals surface area contributed by atoms with Gasteiger partial charge in [0.2, 0.25) is 5.91 Å². The molecule has 0 spiro atoms. The summed E-state index contributed by atoms with van der Waals surface area (Å²) in [7, 11) is 1.62. The summed E-state index contributed by atoms with van der Waals surface area (Å²) in [6, 6.07) is 6.67. The molecule has 2 atom stereocenters. The van der Waals surface area contributed by atoms with Gasteiger partial charge in [0.25, 0.3) is 0 Å². The predicted octanol–water partition coefficient (Wildman–Crippen LogP) is 2.50. The second kappa shape index (κ2) is 7.78. The normalized spacial score (nSPS) is 13.5. The van der Waals surface area contributed by atoms with E-state index in [2.05, 4.69) is 0 Å². The van der Waals surface area contributed by atoms with Crippen molar-refractivity contribution >= 4 is 17.6 Å². The number of carbonyl (C=O) groups excluding carboxylic acids is 1. The van der Waals surface area contributed by atoms with Crippen molar-refractivity contribution in [3.05, 3.63) is 29.8 Å². The van der Waals surface area contributed by atoms with Crippen LogP contribution in [-0.4, -0.2) is 30.1 Å². The molecule has 0 saturated carbocycles. The number of carbonyl (C=O) groups is 2. The fourth-order valence-electron chi connectivity index (χ4n) is 2.27. The highest BCUT2D eigenvalue weighted by Gasteiger charge is 2.22. The minimum atomic E-state index is -1.03. The van der Waals surface area contributed by atoms with Gasteiger partial charge >= 0.3 is 5.97 Å². The Morgan fingerprint density at radius 3 is 2.43 bits per heavy atom. The average Bonchev–Trinajstić information content (AvgIpc) is 2.45. The third-order valence-electron chi connectivity index (χ3n) is 3.54. The first-order valence-electron chi connectivity index (χ1n) is 7.20. The molecule has 1 rings (SSSR count). The number of hydrogen-bond acceptors (Lipinski definition) is 3. The number of hydrogen-bond donors (Lipinski definition) is 2. The molecule has 0 aliphatic heterocycles. The topological polar surface area (TPSA) is 83.6 Å². The van der Waals surface area contributed by atoms with Gasteiger partial charge in [-0.05, 0) is 31.9 Å². The SMILES string of the molecule is CC(N)CCCC(C)C(=O)N(C)c1ccccc1C(=O)O. The van der Waals surface area contributed by atoms with Crippen molar-refractivity contribution in [2.75, 3.05) is 11.9 Å². The minimum Gasteiger partial charge on any atom is -0.478 e. The Morgan fingerprint density at radius 1 is 1.24 bits per heavy atom. The van der Waals surface area contributed by atoms with Gasteiger partial charge < -0.3 is 15.7 Å². The van der Waals surface area contributed by atoms with Crippen LogP contribution in [0.25, 0.3) is 0 Å². The molecule has 0 aliphatic rings. The average molecular weight is 292 g/mol. The van der Waals surface area contributed by atoms with Crippen LogP contribution >= 0.6 is 0 Å². The number of carboxylic acid groups (broad SMARTS) is 1. The number of amides is 1. The van der Waals surface area contributed by atoms with E-state index < -0.39 is 5.97 Å². The van der Waals surface area contributed by atoms with Gasteiger partial charge in [0.05, 0.1) is 11.3 Å². The summed E-state index contributed by atoms with van der Waals surface area (Å²) in [5.74, 6) is -1.26. The molecular formula is C16H24N2O3.